The summed E-state index contributed by atoms with van der Waals surface area (Å²) in [5, 5.41) is 10.4. The average molecular weight is 361 g/mol. The van der Waals surface area contributed by atoms with Gasteiger partial charge in [-0.15, -0.1) is 10.2 Å². The van der Waals surface area contributed by atoms with Crippen LogP contribution >= 0.6 is 0 Å². The third-order valence-electron chi connectivity index (χ3n) is 3.93. The lowest BCUT2D eigenvalue weighted by Crippen LogP contribution is -2.28. The normalized spacial score (nSPS) is 10.6. The number of benzene rings is 1. The second-order valence-corrected chi connectivity index (χ2v) is 6.22. The smallest absolute Gasteiger partial charge is 0.224 e. The maximum absolute atomic E-state index is 13.7. The highest BCUT2D eigenvalue weighted by atomic mass is 19.1. The first kappa shape index (κ1) is 19.6. The van der Waals surface area contributed by atoms with Crippen LogP contribution in [0.25, 0.3) is 0 Å². The first-order valence-corrected chi connectivity index (χ1v) is 8.57. The van der Waals surface area contributed by atoms with Gasteiger partial charge in [-0.3, -0.25) is 9.59 Å². The summed E-state index contributed by atoms with van der Waals surface area (Å²) in [6, 6.07) is 4.48. The van der Waals surface area contributed by atoms with E-state index in [9.17, 15) is 14.0 Å². The highest BCUT2D eigenvalue weighted by Crippen LogP contribution is 2.16. The summed E-state index contributed by atoms with van der Waals surface area (Å²) >= 11 is 0. The first-order chi connectivity index (χ1) is 12.4. The molecule has 2 amide bonds. The van der Waals surface area contributed by atoms with Crippen molar-refractivity contribution >= 4 is 17.5 Å². The molecular formula is C18H24FN5O2. The second-order valence-electron chi connectivity index (χ2n) is 6.22. The van der Waals surface area contributed by atoms with Crippen molar-refractivity contribution < 1.29 is 14.0 Å². The number of carbonyl (C=O) groups is 2. The van der Waals surface area contributed by atoms with E-state index in [0.29, 0.717) is 12.4 Å². The van der Waals surface area contributed by atoms with E-state index in [-0.39, 0.29) is 24.4 Å². The number of aromatic nitrogens is 3. The Labute approximate surface area is 152 Å². The van der Waals surface area contributed by atoms with Gasteiger partial charge in [0.1, 0.15) is 12.1 Å². The molecule has 0 saturated carbocycles. The molecule has 0 aliphatic carbocycles. The molecule has 1 aromatic heterocycles. The molecule has 8 heteroatoms. The predicted octanol–water partition coefficient (Wildman–Crippen LogP) is 2.51. The Kier molecular flexibility index (Phi) is 6.82. The van der Waals surface area contributed by atoms with E-state index in [1.54, 1.807) is 25.5 Å². The van der Waals surface area contributed by atoms with Crippen LogP contribution in [-0.2, 0) is 22.7 Å². The molecule has 0 aliphatic rings. The largest absolute Gasteiger partial charge is 0.338 e. The van der Waals surface area contributed by atoms with Gasteiger partial charge < -0.3 is 14.8 Å². The molecule has 1 N–H and O–H groups in total. The fraction of sp³-hybridized carbons (Fsp3) is 0.444. The van der Waals surface area contributed by atoms with Gasteiger partial charge in [0, 0.05) is 26.4 Å². The van der Waals surface area contributed by atoms with E-state index in [1.165, 1.54) is 11.0 Å². The fourth-order valence-corrected chi connectivity index (χ4v) is 2.49. The lowest BCUT2D eigenvalue weighted by molar-refractivity contribution is -0.132. The SMILES string of the molecule is CCCn1cnnc1CN(C)C(=O)CCC(=O)Nc1cc(C)ccc1F. The Morgan fingerprint density at radius 3 is 2.81 bits per heavy atom. The number of nitrogens with one attached hydrogen (secondary N) is 1. The van der Waals surface area contributed by atoms with Gasteiger partial charge in [0.05, 0.1) is 12.2 Å². The first-order valence-electron chi connectivity index (χ1n) is 8.57. The molecule has 0 unspecified atom stereocenters. The van der Waals surface area contributed by atoms with Gasteiger partial charge in [0.25, 0.3) is 0 Å². The van der Waals surface area contributed by atoms with Gasteiger partial charge in [-0.2, -0.15) is 0 Å². The Bertz CT molecular complexity index is 775. The third-order valence-corrected chi connectivity index (χ3v) is 3.93. The van der Waals surface area contributed by atoms with Crippen molar-refractivity contribution in [2.45, 2.75) is 46.2 Å². The van der Waals surface area contributed by atoms with Crippen molar-refractivity contribution in [3.05, 3.63) is 41.7 Å². The molecule has 140 valence electrons. The molecule has 0 fully saturated rings. The van der Waals surface area contributed by atoms with Crippen LogP contribution in [0.15, 0.2) is 24.5 Å². The molecule has 0 radical (unpaired) electrons. The number of halogens is 1. The van der Waals surface area contributed by atoms with Crippen molar-refractivity contribution in [1.29, 1.82) is 0 Å². The van der Waals surface area contributed by atoms with E-state index < -0.39 is 11.7 Å². The molecule has 2 rings (SSSR count). The Balaban J connectivity index is 1.84. The van der Waals surface area contributed by atoms with E-state index in [0.717, 1.165) is 18.5 Å². The highest BCUT2D eigenvalue weighted by molar-refractivity contribution is 5.93. The Morgan fingerprint density at radius 1 is 1.31 bits per heavy atom. The molecule has 7 nitrogen and oxygen atoms in total. The average Bonchev–Trinajstić information content (AvgIpc) is 3.03. The molecule has 0 atom stereocenters. The van der Waals surface area contributed by atoms with E-state index in [4.69, 9.17) is 0 Å². The quantitative estimate of drug-likeness (QED) is 0.783. The van der Waals surface area contributed by atoms with Crippen LogP contribution in [0.3, 0.4) is 0 Å². The van der Waals surface area contributed by atoms with Gasteiger partial charge in [-0.25, -0.2) is 4.39 Å². The number of hydrogen-bond acceptors (Lipinski definition) is 4. The summed E-state index contributed by atoms with van der Waals surface area (Å²) in [4.78, 5) is 25.7. The van der Waals surface area contributed by atoms with Crippen molar-refractivity contribution in [1.82, 2.24) is 19.7 Å². The van der Waals surface area contributed by atoms with Gasteiger partial charge in [0.15, 0.2) is 5.82 Å². The van der Waals surface area contributed by atoms with Gasteiger partial charge in [-0.05, 0) is 31.0 Å². The van der Waals surface area contributed by atoms with Crippen molar-refractivity contribution in [2.75, 3.05) is 12.4 Å². The molecule has 1 aromatic carbocycles. The molecule has 0 spiro atoms. The second kappa shape index (κ2) is 9.07. The lowest BCUT2D eigenvalue weighted by atomic mass is 10.2. The minimum absolute atomic E-state index is 0.0157. The molecule has 26 heavy (non-hydrogen) atoms. The van der Waals surface area contributed by atoms with Crippen LogP contribution < -0.4 is 5.32 Å². The zero-order valence-electron chi connectivity index (χ0n) is 15.3. The number of nitrogens with zero attached hydrogens (tertiary/aromatic N) is 4. The molecule has 0 saturated heterocycles. The summed E-state index contributed by atoms with van der Waals surface area (Å²) in [5.74, 6) is -0.377. The number of rotatable bonds is 8. The molecule has 0 aliphatic heterocycles. The minimum Gasteiger partial charge on any atom is -0.338 e. The molecule has 0 bridgehead atoms. The topological polar surface area (TPSA) is 80.1 Å². The molecule has 2 aromatic rings. The maximum atomic E-state index is 13.7. The van der Waals surface area contributed by atoms with Crippen LogP contribution in [0.4, 0.5) is 10.1 Å². The summed E-state index contributed by atoms with van der Waals surface area (Å²) < 4.78 is 15.6. The number of carbonyl (C=O) groups excluding carboxylic acids is 2. The van der Waals surface area contributed by atoms with Gasteiger partial charge >= 0.3 is 0 Å². The van der Waals surface area contributed by atoms with Crippen molar-refractivity contribution in [3.63, 3.8) is 0 Å². The number of aryl methyl sites for hydroxylation is 2. The fourth-order valence-electron chi connectivity index (χ4n) is 2.49. The Hall–Kier alpha value is -2.77. The molecule has 1 heterocycles. The predicted molar refractivity (Wildman–Crippen MR) is 95.8 cm³/mol. The minimum atomic E-state index is -0.498. The van der Waals surface area contributed by atoms with Crippen LogP contribution in [-0.4, -0.2) is 38.5 Å². The van der Waals surface area contributed by atoms with Crippen LogP contribution in [0.2, 0.25) is 0 Å². The monoisotopic (exact) mass is 361 g/mol. The third kappa shape index (κ3) is 5.37. The summed E-state index contributed by atoms with van der Waals surface area (Å²) in [5.41, 5.74) is 0.970. The molecular weight excluding hydrogens is 337 g/mol. The highest BCUT2D eigenvalue weighted by Gasteiger charge is 2.15. The van der Waals surface area contributed by atoms with Crippen LogP contribution in [0, 0.1) is 12.7 Å². The maximum Gasteiger partial charge on any atom is 0.224 e. The van der Waals surface area contributed by atoms with E-state index in [1.807, 2.05) is 18.4 Å². The lowest BCUT2D eigenvalue weighted by Gasteiger charge is -2.17. The standard InChI is InChI=1S/C18H24FN5O2/c1-4-9-24-12-20-22-16(24)11-23(3)18(26)8-7-17(25)21-15-10-13(2)5-6-14(15)19/h5-6,10,12H,4,7-9,11H2,1-3H3,(H,21,25). The van der Waals surface area contributed by atoms with E-state index >= 15 is 0 Å². The number of amides is 2. The van der Waals surface area contributed by atoms with Gasteiger partial charge in [-0.1, -0.05) is 13.0 Å². The summed E-state index contributed by atoms with van der Waals surface area (Å²) in [7, 11) is 1.66. The van der Waals surface area contributed by atoms with Crippen LogP contribution in [0.5, 0.6) is 0 Å². The summed E-state index contributed by atoms with van der Waals surface area (Å²) in [6.07, 6.45) is 2.61. The number of anilines is 1. The zero-order chi connectivity index (χ0) is 19.1. The van der Waals surface area contributed by atoms with E-state index in [2.05, 4.69) is 15.5 Å². The summed E-state index contributed by atoms with van der Waals surface area (Å²) in [6.45, 7) is 4.97. The van der Waals surface area contributed by atoms with Crippen molar-refractivity contribution in [3.8, 4) is 0 Å². The number of hydrogen-bond donors (Lipinski definition) is 1. The van der Waals surface area contributed by atoms with Gasteiger partial charge in [0.2, 0.25) is 11.8 Å². The zero-order valence-corrected chi connectivity index (χ0v) is 15.3. The van der Waals surface area contributed by atoms with Crippen LogP contribution in [0.1, 0.15) is 37.6 Å². The van der Waals surface area contributed by atoms with Crippen molar-refractivity contribution in [2.24, 2.45) is 0 Å². The Morgan fingerprint density at radius 2 is 2.08 bits per heavy atom.